The maximum atomic E-state index is 12.5. The van der Waals surface area contributed by atoms with Crippen molar-refractivity contribution >= 4 is 11.6 Å². The fraction of sp³-hybridized carbons (Fsp3) is 0.467. The average molecular weight is 360 g/mol. The molecule has 0 radical (unpaired) electrons. The van der Waals surface area contributed by atoms with E-state index in [-0.39, 0.29) is 22.7 Å². The number of aliphatic hydroxyl groups is 2. The molecule has 8 nitrogen and oxygen atoms in total. The zero-order chi connectivity index (χ0) is 19.2. The molecule has 0 spiro atoms. The molecule has 0 fully saturated rings. The van der Waals surface area contributed by atoms with Crippen molar-refractivity contribution in [3.8, 4) is 0 Å². The summed E-state index contributed by atoms with van der Waals surface area (Å²) in [6.45, 7) is -0.106. The van der Waals surface area contributed by atoms with Gasteiger partial charge in [-0.05, 0) is 25.2 Å². The second-order valence-corrected chi connectivity index (χ2v) is 5.51. The number of carbonyl (C=O) groups excluding carboxylic acids is 1. The summed E-state index contributed by atoms with van der Waals surface area (Å²) in [5, 5.41) is 31.7. The fourth-order valence-corrected chi connectivity index (χ4v) is 1.88. The lowest BCUT2D eigenvalue weighted by molar-refractivity contribution is -0.122. The number of aliphatic hydroxyl groups excluding tert-OH is 2. The van der Waals surface area contributed by atoms with Crippen LogP contribution in [0.4, 0.5) is 8.78 Å². The van der Waals surface area contributed by atoms with Gasteiger partial charge in [0.15, 0.2) is 0 Å². The second-order valence-electron chi connectivity index (χ2n) is 5.51. The minimum Gasteiger partial charge on any atom is -0.488 e. The van der Waals surface area contributed by atoms with Gasteiger partial charge in [-0.25, -0.2) is 8.78 Å². The third kappa shape index (κ3) is 5.34. The Morgan fingerprint density at radius 1 is 1.48 bits per heavy atom. The standard InChI is InChI=1S/C15H22F2N4O4/c1-15(7-22,14(19)24)21-13(23)12(20-2)9-5-8(3-4-10(9)18)25-6-11(16)17/h3-5,11,14,18,20,22,24H,6-7,19H2,1-2H3,(H,21,23)/b12-9-,18-10?. The highest BCUT2D eigenvalue weighted by Crippen LogP contribution is 2.18. The van der Waals surface area contributed by atoms with Gasteiger partial charge in [-0.2, -0.15) is 0 Å². The number of ether oxygens (including phenoxy) is 1. The van der Waals surface area contributed by atoms with Gasteiger partial charge in [-0.15, -0.1) is 0 Å². The molecule has 0 aromatic carbocycles. The minimum absolute atomic E-state index is 0.0529. The lowest BCUT2D eigenvalue weighted by Gasteiger charge is -2.32. The van der Waals surface area contributed by atoms with E-state index in [0.717, 1.165) is 0 Å². The lowest BCUT2D eigenvalue weighted by Crippen LogP contribution is -2.61. The Bertz CT molecular complexity index is 617. The van der Waals surface area contributed by atoms with Crippen LogP contribution >= 0.6 is 0 Å². The summed E-state index contributed by atoms with van der Waals surface area (Å²) >= 11 is 0. The van der Waals surface area contributed by atoms with Crippen LogP contribution in [0.1, 0.15) is 6.92 Å². The van der Waals surface area contributed by atoms with Gasteiger partial charge in [0.05, 0.1) is 17.9 Å². The van der Waals surface area contributed by atoms with Crippen LogP contribution in [0.25, 0.3) is 0 Å². The van der Waals surface area contributed by atoms with E-state index < -0.39 is 37.3 Å². The van der Waals surface area contributed by atoms with Crippen LogP contribution in [-0.4, -0.2) is 60.3 Å². The van der Waals surface area contributed by atoms with Crippen LogP contribution in [0.5, 0.6) is 0 Å². The zero-order valence-electron chi connectivity index (χ0n) is 13.8. The second kappa shape index (κ2) is 8.70. The molecule has 2 atom stereocenters. The Morgan fingerprint density at radius 2 is 2.12 bits per heavy atom. The highest BCUT2D eigenvalue weighted by molar-refractivity contribution is 6.14. The van der Waals surface area contributed by atoms with E-state index in [9.17, 15) is 23.8 Å². The van der Waals surface area contributed by atoms with Gasteiger partial charge in [0, 0.05) is 12.6 Å². The summed E-state index contributed by atoms with van der Waals surface area (Å²) in [7, 11) is 1.43. The van der Waals surface area contributed by atoms with E-state index in [0.29, 0.717) is 0 Å². The first kappa shape index (κ1) is 20.7. The van der Waals surface area contributed by atoms with Crippen molar-refractivity contribution in [2.45, 2.75) is 25.1 Å². The number of rotatable bonds is 8. The first-order chi connectivity index (χ1) is 11.6. The number of nitrogens with one attached hydrogen (secondary N) is 3. The molecule has 0 aromatic heterocycles. The topological polar surface area (TPSA) is 141 Å². The first-order valence-electron chi connectivity index (χ1n) is 7.33. The Hall–Kier alpha value is -2.30. The maximum absolute atomic E-state index is 12.5. The molecular formula is C15H22F2N4O4. The summed E-state index contributed by atoms with van der Waals surface area (Å²) in [6, 6.07) is 0. The van der Waals surface area contributed by atoms with Crippen LogP contribution in [0.2, 0.25) is 0 Å². The SMILES string of the molecule is CN/C(C(=O)NC(C)(CO)C(N)O)=C1/C=C(OCC(F)F)C=CC1=N. The largest absolute Gasteiger partial charge is 0.488 e. The summed E-state index contributed by atoms with van der Waals surface area (Å²) in [6.07, 6.45) is -0.294. The molecule has 0 saturated heterocycles. The molecular weight excluding hydrogens is 338 g/mol. The minimum atomic E-state index is -2.66. The molecule has 0 bridgehead atoms. The quantitative estimate of drug-likeness (QED) is 0.251. The summed E-state index contributed by atoms with van der Waals surface area (Å²) in [4.78, 5) is 12.5. The van der Waals surface area contributed by atoms with E-state index in [1.165, 1.54) is 32.2 Å². The van der Waals surface area contributed by atoms with Crippen molar-refractivity contribution in [3.63, 3.8) is 0 Å². The average Bonchev–Trinajstić information content (AvgIpc) is 2.55. The van der Waals surface area contributed by atoms with Crippen molar-refractivity contribution in [1.29, 1.82) is 5.41 Å². The van der Waals surface area contributed by atoms with E-state index in [4.69, 9.17) is 15.9 Å². The number of hydrogen-bond acceptors (Lipinski definition) is 7. The summed E-state index contributed by atoms with van der Waals surface area (Å²) < 4.78 is 29.4. The molecule has 1 aliphatic carbocycles. The van der Waals surface area contributed by atoms with Crippen LogP contribution in [0.3, 0.4) is 0 Å². The van der Waals surface area contributed by atoms with Crippen LogP contribution < -0.4 is 16.4 Å². The number of nitrogens with two attached hydrogens (primary N) is 1. The number of likely N-dealkylation sites (N-methyl/N-ethyl adjacent to an activating group) is 1. The van der Waals surface area contributed by atoms with Crippen molar-refractivity contribution in [2.24, 2.45) is 5.73 Å². The van der Waals surface area contributed by atoms with Gasteiger partial charge in [0.2, 0.25) is 0 Å². The summed E-state index contributed by atoms with van der Waals surface area (Å²) in [5.74, 6) is -0.682. The third-order valence-electron chi connectivity index (χ3n) is 3.49. The van der Waals surface area contributed by atoms with Crippen molar-refractivity contribution < 1.29 is 28.5 Å². The van der Waals surface area contributed by atoms with Gasteiger partial charge in [-0.1, -0.05) is 0 Å². The Morgan fingerprint density at radius 3 is 2.60 bits per heavy atom. The van der Waals surface area contributed by atoms with Gasteiger partial charge in [0.25, 0.3) is 12.3 Å². The van der Waals surface area contributed by atoms with E-state index >= 15 is 0 Å². The molecule has 1 rings (SSSR count). The van der Waals surface area contributed by atoms with Gasteiger partial charge < -0.3 is 36.7 Å². The molecule has 1 amide bonds. The van der Waals surface area contributed by atoms with Gasteiger partial charge in [0.1, 0.15) is 24.3 Å². The number of amides is 1. The number of hydrogen-bond donors (Lipinski definition) is 6. The zero-order valence-corrected chi connectivity index (χ0v) is 13.8. The van der Waals surface area contributed by atoms with Crippen molar-refractivity contribution in [1.82, 2.24) is 10.6 Å². The van der Waals surface area contributed by atoms with Crippen LogP contribution in [0, 0.1) is 5.41 Å². The fourth-order valence-electron chi connectivity index (χ4n) is 1.88. The van der Waals surface area contributed by atoms with Crippen molar-refractivity contribution in [3.05, 3.63) is 35.3 Å². The molecule has 0 aliphatic heterocycles. The monoisotopic (exact) mass is 360 g/mol. The first-order valence-corrected chi connectivity index (χ1v) is 7.33. The molecule has 1 aliphatic rings. The molecule has 140 valence electrons. The Kier molecular flexibility index (Phi) is 7.22. The van der Waals surface area contributed by atoms with E-state index in [2.05, 4.69) is 10.6 Å². The molecule has 0 saturated carbocycles. The van der Waals surface area contributed by atoms with E-state index in [1.807, 2.05) is 0 Å². The molecule has 7 N–H and O–H groups in total. The molecule has 2 unspecified atom stereocenters. The number of alkyl halides is 2. The van der Waals surface area contributed by atoms with E-state index in [1.54, 1.807) is 0 Å². The van der Waals surface area contributed by atoms with Gasteiger partial charge in [-0.3, -0.25) is 4.79 Å². The van der Waals surface area contributed by atoms with Crippen LogP contribution in [0.15, 0.2) is 35.3 Å². The van der Waals surface area contributed by atoms with Crippen LogP contribution in [-0.2, 0) is 9.53 Å². The lowest BCUT2D eigenvalue weighted by atomic mass is 9.99. The predicted octanol–water partition coefficient (Wildman–Crippen LogP) is -0.641. The number of allylic oxidation sites excluding steroid dienone is 4. The maximum Gasteiger partial charge on any atom is 0.272 e. The number of halogens is 2. The molecule has 0 heterocycles. The third-order valence-corrected chi connectivity index (χ3v) is 3.49. The normalized spacial score (nSPS) is 19.8. The molecule has 0 aromatic rings. The molecule has 25 heavy (non-hydrogen) atoms. The Labute approximate surface area is 143 Å². The molecule has 10 heteroatoms. The highest BCUT2D eigenvalue weighted by Gasteiger charge is 2.33. The Balaban J connectivity index is 3.13. The predicted molar refractivity (Wildman–Crippen MR) is 86.8 cm³/mol. The number of carbonyl (C=O) groups is 1. The smallest absolute Gasteiger partial charge is 0.272 e. The van der Waals surface area contributed by atoms with Crippen molar-refractivity contribution in [2.75, 3.05) is 20.3 Å². The van der Waals surface area contributed by atoms with Gasteiger partial charge >= 0.3 is 0 Å². The summed E-state index contributed by atoms with van der Waals surface area (Å²) in [5.41, 5.74) is 3.81. The highest BCUT2D eigenvalue weighted by atomic mass is 19.3.